The molecule has 124 valence electrons. The molecular formula is C20H21ClN2O. The van der Waals surface area contributed by atoms with Crippen LogP contribution in [0.15, 0.2) is 48.7 Å². The fourth-order valence-electron chi connectivity index (χ4n) is 4.33. The van der Waals surface area contributed by atoms with Crippen molar-refractivity contribution in [3.63, 3.8) is 0 Å². The second-order valence-corrected chi connectivity index (χ2v) is 7.38. The first-order chi connectivity index (χ1) is 11.7. The summed E-state index contributed by atoms with van der Waals surface area (Å²) in [6.07, 6.45) is 5.49. The third kappa shape index (κ3) is 2.71. The Kier molecular flexibility index (Phi) is 4.05. The Morgan fingerprint density at radius 2 is 1.88 bits per heavy atom. The maximum Gasteiger partial charge on any atom is 0.226 e. The molecule has 0 N–H and O–H groups in total. The van der Waals surface area contributed by atoms with Crippen LogP contribution in [0.5, 0.6) is 0 Å². The SMILES string of the molecule is CN(C(=O)C1[C@H]2CCC[C@@H]12)[C@H](c1ccc(Cl)cc1)c1ccccn1. The average molecular weight is 341 g/mol. The second-order valence-electron chi connectivity index (χ2n) is 6.94. The van der Waals surface area contributed by atoms with Crippen LogP contribution in [0, 0.1) is 17.8 Å². The Hall–Kier alpha value is -1.87. The Bertz CT molecular complexity index is 721. The Morgan fingerprint density at radius 1 is 1.17 bits per heavy atom. The van der Waals surface area contributed by atoms with E-state index in [1.165, 1.54) is 19.3 Å². The fourth-order valence-corrected chi connectivity index (χ4v) is 4.45. The van der Waals surface area contributed by atoms with E-state index in [2.05, 4.69) is 4.98 Å². The first-order valence-electron chi connectivity index (χ1n) is 8.60. The van der Waals surface area contributed by atoms with Crippen LogP contribution in [-0.2, 0) is 4.79 Å². The van der Waals surface area contributed by atoms with Gasteiger partial charge in [-0.15, -0.1) is 0 Å². The van der Waals surface area contributed by atoms with Crippen molar-refractivity contribution in [2.24, 2.45) is 17.8 Å². The number of carbonyl (C=O) groups excluding carboxylic acids is 1. The topological polar surface area (TPSA) is 33.2 Å². The molecule has 2 aliphatic carbocycles. The van der Waals surface area contributed by atoms with E-state index in [1.54, 1.807) is 6.20 Å². The number of aromatic nitrogens is 1. The molecular weight excluding hydrogens is 320 g/mol. The molecule has 1 unspecified atom stereocenters. The van der Waals surface area contributed by atoms with Gasteiger partial charge in [-0.05, 0) is 54.5 Å². The predicted octanol–water partition coefficient (Wildman–Crippen LogP) is 4.33. The molecule has 1 amide bonds. The summed E-state index contributed by atoms with van der Waals surface area (Å²) in [5, 5.41) is 0.698. The minimum Gasteiger partial charge on any atom is -0.333 e. The molecule has 2 aliphatic rings. The standard InChI is InChI=1S/C20H21ClN2O/c1-23(20(24)18-15-5-4-6-16(15)18)19(17-7-2-3-12-22-17)13-8-10-14(21)11-9-13/h2-3,7-12,15-16,18-19H,4-6H2,1H3/t15-,16+,18?,19-/m1/s1. The van der Waals surface area contributed by atoms with Gasteiger partial charge in [-0.2, -0.15) is 0 Å². The highest BCUT2D eigenvalue weighted by atomic mass is 35.5. The van der Waals surface area contributed by atoms with Crippen molar-refractivity contribution in [1.82, 2.24) is 9.88 Å². The van der Waals surface area contributed by atoms with E-state index in [0.29, 0.717) is 16.9 Å². The number of pyridine rings is 1. The monoisotopic (exact) mass is 340 g/mol. The molecule has 3 nitrogen and oxygen atoms in total. The maximum absolute atomic E-state index is 13.0. The van der Waals surface area contributed by atoms with E-state index < -0.39 is 0 Å². The van der Waals surface area contributed by atoms with Crippen LogP contribution >= 0.6 is 11.6 Å². The van der Waals surface area contributed by atoms with Gasteiger partial charge in [0, 0.05) is 24.2 Å². The van der Waals surface area contributed by atoms with Gasteiger partial charge in [-0.3, -0.25) is 9.78 Å². The number of rotatable bonds is 4. The van der Waals surface area contributed by atoms with Crippen LogP contribution in [-0.4, -0.2) is 22.8 Å². The van der Waals surface area contributed by atoms with Crippen LogP contribution in [0.1, 0.15) is 36.6 Å². The zero-order valence-electron chi connectivity index (χ0n) is 13.7. The van der Waals surface area contributed by atoms with Gasteiger partial charge in [-0.1, -0.05) is 36.2 Å². The predicted molar refractivity (Wildman–Crippen MR) is 94.6 cm³/mol. The molecule has 2 saturated carbocycles. The molecule has 0 radical (unpaired) electrons. The molecule has 4 atom stereocenters. The smallest absolute Gasteiger partial charge is 0.226 e. The lowest BCUT2D eigenvalue weighted by Gasteiger charge is -2.29. The third-order valence-corrected chi connectivity index (χ3v) is 5.83. The minimum atomic E-state index is -0.169. The van der Waals surface area contributed by atoms with Crippen molar-refractivity contribution in [3.8, 4) is 0 Å². The van der Waals surface area contributed by atoms with Gasteiger partial charge >= 0.3 is 0 Å². The van der Waals surface area contributed by atoms with Crippen LogP contribution in [0.25, 0.3) is 0 Å². The van der Waals surface area contributed by atoms with E-state index >= 15 is 0 Å². The van der Waals surface area contributed by atoms with Crippen molar-refractivity contribution in [2.45, 2.75) is 25.3 Å². The molecule has 2 fully saturated rings. The van der Waals surface area contributed by atoms with E-state index in [1.807, 2.05) is 54.4 Å². The van der Waals surface area contributed by atoms with E-state index in [9.17, 15) is 4.79 Å². The summed E-state index contributed by atoms with van der Waals surface area (Å²) < 4.78 is 0. The zero-order valence-corrected chi connectivity index (χ0v) is 14.5. The summed E-state index contributed by atoms with van der Waals surface area (Å²) in [7, 11) is 1.91. The van der Waals surface area contributed by atoms with Gasteiger partial charge in [0.05, 0.1) is 11.7 Å². The minimum absolute atomic E-state index is 0.169. The summed E-state index contributed by atoms with van der Waals surface area (Å²) in [5.41, 5.74) is 1.93. The molecule has 0 saturated heterocycles. The quantitative estimate of drug-likeness (QED) is 0.830. The van der Waals surface area contributed by atoms with Crippen LogP contribution in [0.2, 0.25) is 5.02 Å². The molecule has 0 bridgehead atoms. The van der Waals surface area contributed by atoms with Gasteiger partial charge < -0.3 is 4.90 Å². The number of nitrogens with zero attached hydrogens (tertiary/aromatic N) is 2. The second kappa shape index (κ2) is 6.21. The highest BCUT2D eigenvalue weighted by molar-refractivity contribution is 6.30. The molecule has 1 heterocycles. The maximum atomic E-state index is 13.0. The lowest BCUT2D eigenvalue weighted by molar-refractivity contribution is -0.133. The zero-order chi connectivity index (χ0) is 16.7. The van der Waals surface area contributed by atoms with Gasteiger partial charge in [0.15, 0.2) is 0 Å². The Balaban J connectivity index is 1.64. The van der Waals surface area contributed by atoms with Gasteiger partial charge in [0.25, 0.3) is 0 Å². The van der Waals surface area contributed by atoms with Crippen molar-refractivity contribution >= 4 is 17.5 Å². The normalized spacial score (nSPS) is 25.8. The molecule has 0 spiro atoms. The van der Waals surface area contributed by atoms with Gasteiger partial charge in [0.1, 0.15) is 0 Å². The molecule has 4 heteroatoms. The first-order valence-corrected chi connectivity index (χ1v) is 8.97. The number of hydrogen-bond acceptors (Lipinski definition) is 2. The third-order valence-electron chi connectivity index (χ3n) is 5.58. The van der Waals surface area contributed by atoms with Crippen molar-refractivity contribution in [3.05, 3.63) is 64.9 Å². The summed E-state index contributed by atoms with van der Waals surface area (Å²) in [6.45, 7) is 0. The molecule has 4 rings (SSSR count). The van der Waals surface area contributed by atoms with Crippen molar-refractivity contribution in [2.75, 3.05) is 7.05 Å². The number of halogens is 1. The van der Waals surface area contributed by atoms with Crippen molar-refractivity contribution < 1.29 is 4.79 Å². The van der Waals surface area contributed by atoms with E-state index in [0.717, 1.165) is 11.3 Å². The number of benzene rings is 1. The lowest BCUT2D eigenvalue weighted by atomic mass is 10.0. The van der Waals surface area contributed by atoms with Crippen LogP contribution < -0.4 is 0 Å². The van der Waals surface area contributed by atoms with Crippen LogP contribution in [0.4, 0.5) is 0 Å². The highest BCUT2D eigenvalue weighted by Crippen LogP contribution is 2.58. The van der Waals surface area contributed by atoms with Crippen molar-refractivity contribution in [1.29, 1.82) is 0 Å². The van der Waals surface area contributed by atoms with Gasteiger partial charge in [-0.25, -0.2) is 0 Å². The molecule has 1 aromatic carbocycles. The molecule has 0 aliphatic heterocycles. The number of amides is 1. The molecule has 1 aromatic heterocycles. The first kappa shape index (κ1) is 15.6. The Labute approximate surface area is 147 Å². The van der Waals surface area contributed by atoms with E-state index in [-0.39, 0.29) is 17.9 Å². The van der Waals surface area contributed by atoms with Crippen LogP contribution in [0.3, 0.4) is 0 Å². The fraction of sp³-hybridized carbons (Fsp3) is 0.400. The summed E-state index contributed by atoms with van der Waals surface area (Å²) in [4.78, 5) is 19.4. The number of fused-ring (bicyclic) bond motifs is 1. The summed E-state index contributed by atoms with van der Waals surface area (Å²) in [6, 6.07) is 13.4. The lowest BCUT2D eigenvalue weighted by Crippen LogP contribution is -2.34. The largest absolute Gasteiger partial charge is 0.333 e. The Morgan fingerprint density at radius 3 is 2.50 bits per heavy atom. The average Bonchev–Trinajstić information content (AvgIpc) is 3.08. The molecule has 24 heavy (non-hydrogen) atoms. The van der Waals surface area contributed by atoms with Gasteiger partial charge in [0.2, 0.25) is 5.91 Å². The number of carbonyl (C=O) groups is 1. The summed E-state index contributed by atoms with van der Waals surface area (Å²) >= 11 is 6.03. The summed E-state index contributed by atoms with van der Waals surface area (Å²) in [5.74, 6) is 1.72. The number of hydrogen-bond donors (Lipinski definition) is 0. The molecule has 2 aromatic rings. The van der Waals surface area contributed by atoms with E-state index in [4.69, 9.17) is 11.6 Å². The highest BCUT2D eigenvalue weighted by Gasteiger charge is 2.57.